The average Bonchev–Trinajstić information content (AvgIpc) is 2.40. The van der Waals surface area contributed by atoms with Crippen molar-refractivity contribution in [3.05, 3.63) is 30.3 Å². The molecule has 1 aliphatic heterocycles. The molecule has 2 atom stereocenters. The summed E-state index contributed by atoms with van der Waals surface area (Å²) in [5.41, 5.74) is 0. The fourth-order valence-corrected chi connectivity index (χ4v) is 1.94. The van der Waals surface area contributed by atoms with Crippen LogP contribution in [0.2, 0.25) is 0 Å². The first-order chi connectivity index (χ1) is 8.79. The summed E-state index contributed by atoms with van der Waals surface area (Å²) in [4.78, 5) is 11.6. The summed E-state index contributed by atoms with van der Waals surface area (Å²) >= 11 is 0. The van der Waals surface area contributed by atoms with Gasteiger partial charge < -0.3 is 14.2 Å². The molecular formula is C14H18O4. The van der Waals surface area contributed by atoms with Gasteiger partial charge in [0.05, 0.1) is 6.61 Å². The molecule has 98 valence electrons. The Labute approximate surface area is 107 Å². The molecule has 1 aliphatic rings. The molecule has 0 bridgehead atoms. The van der Waals surface area contributed by atoms with Crippen LogP contribution in [0.3, 0.4) is 0 Å². The van der Waals surface area contributed by atoms with Crippen molar-refractivity contribution >= 4 is 5.97 Å². The molecule has 4 heteroatoms. The number of esters is 1. The van der Waals surface area contributed by atoms with Crippen molar-refractivity contribution in [2.24, 2.45) is 0 Å². The van der Waals surface area contributed by atoms with Gasteiger partial charge in [-0.2, -0.15) is 0 Å². The lowest BCUT2D eigenvalue weighted by molar-refractivity contribution is -0.185. The SMILES string of the molecule is CCOC(=O)[C@@H]1CCC[C@@H](Oc2ccccc2)O1. The first-order valence-electron chi connectivity index (χ1n) is 6.33. The third kappa shape index (κ3) is 3.47. The van der Waals surface area contributed by atoms with Crippen LogP contribution in [0, 0.1) is 0 Å². The fraction of sp³-hybridized carbons (Fsp3) is 0.500. The highest BCUT2D eigenvalue weighted by Gasteiger charge is 2.29. The summed E-state index contributed by atoms with van der Waals surface area (Å²) in [6.07, 6.45) is 1.54. The normalized spacial score (nSPS) is 23.4. The number of hydrogen-bond acceptors (Lipinski definition) is 4. The number of rotatable bonds is 4. The van der Waals surface area contributed by atoms with Gasteiger partial charge in [0.25, 0.3) is 0 Å². The molecule has 0 unspecified atom stereocenters. The Morgan fingerprint density at radius 3 is 2.83 bits per heavy atom. The topological polar surface area (TPSA) is 44.8 Å². The molecule has 0 N–H and O–H groups in total. The van der Waals surface area contributed by atoms with E-state index in [0.717, 1.165) is 18.6 Å². The van der Waals surface area contributed by atoms with Crippen molar-refractivity contribution < 1.29 is 19.0 Å². The van der Waals surface area contributed by atoms with E-state index in [1.54, 1.807) is 6.92 Å². The van der Waals surface area contributed by atoms with E-state index in [1.807, 2.05) is 30.3 Å². The van der Waals surface area contributed by atoms with Crippen LogP contribution in [0.4, 0.5) is 0 Å². The largest absolute Gasteiger partial charge is 0.465 e. The van der Waals surface area contributed by atoms with Crippen LogP contribution in [0.5, 0.6) is 5.75 Å². The minimum atomic E-state index is -0.493. The van der Waals surface area contributed by atoms with Crippen LogP contribution in [0.15, 0.2) is 30.3 Å². The lowest BCUT2D eigenvalue weighted by Crippen LogP contribution is -2.37. The Kier molecular flexibility index (Phi) is 4.59. The minimum absolute atomic E-state index is 0.293. The fourth-order valence-electron chi connectivity index (χ4n) is 1.94. The number of carbonyl (C=O) groups excluding carboxylic acids is 1. The van der Waals surface area contributed by atoms with Crippen LogP contribution >= 0.6 is 0 Å². The highest BCUT2D eigenvalue weighted by Crippen LogP contribution is 2.23. The molecule has 4 nitrogen and oxygen atoms in total. The molecule has 0 amide bonds. The number of benzene rings is 1. The Morgan fingerprint density at radius 2 is 2.11 bits per heavy atom. The van der Waals surface area contributed by atoms with Gasteiger partial charge in [-0.3, -0.25) is 0 Å². The lowest BCUT2D eigenvalue weighted by atomic mass is 10.1. The second-order valence-electron chi connectivity index (χ2n) is 4.17. The highest BCUT2D eigenvalue weighted by molar-refractivity contribution is 5.74. The maximum atomic E-state index is 11.6. The van der Waals surface area contributed by atoms with E-state index >= 15 is 0 Å². The van der Waals surface area contributed by atoms with E-state index in [2.05, 4.69) is 0 Å². The number of carbonyl (C=O) groups is 1. The predicted octanol–water partition coefficient (Wildman–Crippen LogP) is 2.52. The summed E-state index contributed by atoms with van der Waals surface area (Å²) in [6.45, 7) is 2.17. The summed E-state index contributed by atoms with van der Waals surface area (Å²) in [5.74, 6) is 0.464. The van der Waals surface area contributed by atoms with Gasteiger partial charge in [-0.05, 0) is 31.9 Å². The molecule has 1 aromatic rings. The number of ether oxygens (including phenoxy) is 3. The highest BCUT2D eigenvalue weighted by atomic mass is 16.7. The van der Waals surface area contributed by atoms with E-state index in [-0.39, 0.29) is 12.3 Å². The van der Waals surface area contributed by atoms with Crippen molar-refractivity contribution in [2.45, 2.75) is 38.6 Å². The van der Waals surface area contributed by atoms with Gasteiger partial charge in [0, 0.05) is 6.42 Å². The Balaban J connectivity index is 1.89. The zero-order valence-corrected chi connectivity index (χ0v) is 10.5. The van der Waals surface area contributed by atoms with Crippen LogP contribution in [0.1, 0.15) is 26.2 Å². The summed E-state index contributed by atoms with van der Waals surface area (Å²) in [7, 11) is 0. The van der Waals surface area contributed by atoms with Crippen LogP contribution in [-0.2, 0) is 14.3 Å². The van der Waals surface area contributed by atoms with Crippen LogP contribution in [-0.4, -0.2) is 25.0 Å². The molecular weight excluding hydrogens is 232 g/mol. The Bertz CT molecular complexity index is 377. The zero-order chi connectivity index (χ0) is 12.8. The Hall–Kier alpha value is -1.55. The molecule has 1 fully saturated rings. The van der Waals surface area contributed by atoms with Gasteiger partial charge in [-0.25, -0.2) is 4.79 Å². The monoisotopic (exact) mass is 250 g/mol. The second kappa shape index (κ2) is 6.40. The molecule has 1 aromatic carbocycles. The lowest BCUT2D eigenvalue weighted by Gasteiger charge is -2.28. The third-order valence-corrected chi connectivity index (χ3v) is 2.78. The van der Waals surface area contributed by atoms with E-state index in [1.165, 1.54) is 0 Å². The average molecular weight is 250 g/mol. The van der Waals surface area contributed by atoms with Crippen LogP contribution < -0.4 is 4.74 Å². The molecule has 0 radical (unpaired) electrons. The van der Waals surface area contributed by atoms with E-state index in [9.17, 15) is 4.79 Å². The smallest absolute Gasteiger partial charge is 0.335 e. The van der Waals surface area contributed by atoms with E-state index in [4.69, 9.17) is 14.2 Å². The van der Waals surface area contributed by atoms with Crippen LogP contribution in [0.25, 0.3) is 0 Å². The van der Waals surface area contributed by atoms with E-state index in [0.29, 0.717) is 13.0 Å². The van der Waals surface area contributed by atoms with Gasteiger partial charge in [-0.15, -0.1) is 0 Å². The minimum Gasteiger partial charge on any atom is -0.465 e. The van der Waals surface area contributed by atoms with Gasteiger partial charge in [0.2, 0.25) is 6.29 Å². The number of para-hydroxylation sites is 1. The summed E-state index contributed by atoms with van der Waals surface area (Å²) < 4.78 is 16.3. The molecule has 18 heavy (non-hydrogen) atoms. The van der Waals surface area contributed by atoms with Crippen molar-refractivity contribution in [2.75, 3.05) is 6.61 Å². The molecule has 1 saturated heterocycles. The van der Waals surface area contributed by atoms with Gasteiger partial charge in [-0.1, -0.05) is 18.2 Å². The predicted molar refractivity (Wildman–Crippen MR) is 66.2 cm³/mol. The molecule has 1 heterocycles. The van der Waals surface area contributed by atoms with Gasteiger partial charge in [0.15, 0.2) is 6.10 Å². The third-order valence-electron chi connectivity index (χ3n) is 2.78. The molecule has 0 spiro atoms. The maximum absolute atomic E-state index is 11.6. The van der Waals surface area contributed by atoms with Crippen molar-refractivity contribution in [1.82, 2.24) is 0 Å². The number of hydrogen-bond donors (Lipinski definition) is 0. The second-order valence-corrected chi connectivity index (χ2v) is 4.17. The summed E-state index contributed by atoms with van der Waals surface area (Å²) in [5, 5.41) is 0. The maximum Gasteiger partial charge on any atom is 0.335 e. The van der Waals surface area contributed by atoms with Gasteiger partial charge in [0.1, 0.15) is 5.75 Å². The molecule has 2 rings (SSSR count). The van der Waals surface area contributed by atoms with Crippen molar-refractivity contribution in [3.8, 4) is 5.75 Å². The van der Waals surface area contributed by atoms with E-state index < -0.39 is 6.10 Å². The first-order valence-corrected chi connectivity index (χ1v) is 6.33. The quantitative estimate of drug-likeness (QED) is 0.770. The van der Waals surface area contributed by atoms with Crippen molar-refractivity contribution in [1.29, 1.82) is 0 Å². The van der Waals surface area contributed by atoms with Gasteiger partial charge >= 0.3 is 5.97 Å². The zero-order valence-electron chi connectivity index (χ0n) is 10.5. The summed E-state index contributed by atoms with van der Waals surface area (Å²) in [6, 6.07) is 9.48. The molecule has 0 aliphatic carbocycles. The van der Waals surface area contributed by atoms with Crippen molar-refractivity contribution in [3.63, 3.8) is 0 Å². The first kappa shape index (κ1) is 12.9. The Morgan fingerprint density at radius 1 is 1.33 bits per heavy atom. The molecule has 0 aromatic heterocycles. The standard InChI is InChI=1S/C14H18O4/c1-2-16-14(15)12-9-6-10-13(18-12)17-11-7-4-3-5-8-11/h3-5,7-8,12-13H,2,6,9-10H2,1H3/t12-,13-/m0/s1. The molecule has 0 saturated carbocycles.